The van der Waals surface area contributed by atoms with Crippen LogP contribution in [0.3, 0.4) is 0 Å². The summed E-state index contributed by atoms with van der Waals surface area (Å²) in [6.45, 7) is 7.33. The van der Waals surface area contributed by atoms with Gasteiger partial charge in [0.1, 0.15) is 5.82 Å². The van der Waals surface area contributed by atoms with Crippen molar-refractivity contribution in [2.75, 3.05) is 19.8 Å². The molecule has 1 saturated heterocycles. The van der Waals surface area contributed by atoms with Gasteiger partial charge in [-0.05, 0) is 17.7 Å². The van der Waals surface area contributed by atoms with Crippen LogP contribution in [0.5, 0.6) is 0 Å². The Kier molecular flexibility index (Phi) is 3.90. The Morgan fingerprint density at radius 1 is 1.32 bits per heavy atom. The zero-order chi connectivity index (χ0) is 14.0. The van der Waals surface area contributed by atoms with Gasteiger partial charge in [0.05, 0.1) is 19.3 Å². The van der Waals surface area contributed by atoms with Crippen LogP contribution in [-0.4, -0.2) is 30.6 Å². The van der Waals surface area contributed by atoms with Crippen molar-refractivity contribution in [1.82, 2.24) is 4.90 Å². The second-order valence-electron chi connectivity index (χ2n) is 5.89. The SMILES string of the molecule is CC(C)(C)C(=O)N1CCOCC1c1ccc(F)cc1. The quantitative estimate of drug-likeness (QED) is 0.781. The van der Waals surface area contributed by atoms with E-state index in [1.165, 1.54) is 12.1 Å². The van der Waals surface area contributed by atoms with Crippen molar-refractivity contribution in [1.29, 1.82) is 0 Å². The summed E-state index contributed by atoms with van der Waals surface area (Å²) in [7, 11) is 0. The van der Waals surface area contributed by atoms with Crippen LogP contribution in [0.25, 0.3) is 0 Å². The van der Waals surface area contributed by atoms with E-state index in [4.69, 9.17) is 4.74 Å². The van der Waals surface area contributed by atoms with Gasteiger partial charge in [-0.25, -0.2) is 4.39 Å². The topological polar surface area (TPSA) is 29.5 Å². The van der Waals surface area contributed by atoms with Crippen LogP contribution < -0.4 is 0 Å². The molecule has 1 atom stereocenters. The third-order valence-electron chi connectivity index (χ3n) is 3.29. The molecule has 1 fully saturated rings. The van der Waals surface area contributed by atoms with Crippen LogP contribution in [0.4, 0.5) is 4.39 Å². The molecule has 0 spiro atoms. The molecule has 1 heterocycles. The lowest BCUT2D eigenvalue weighted by Gasteiger charge is -2.39. The van der Waals surface area contributed by atoms with E-state index in [1.807, 2.05) is 25.7 Å². The lowest BCUT2D eigenvalue weighted by atomic mass is 9.92. The van der Waals surface area contributed by atoms with Gasteiger partial charge in [-0.2, -0.15) is 0 Å². The standard InChI is InChI=1S/C15H20FNO2/c1-15(2,3)14(18)17-8-9-19-10-13(17)11-4-6-12(16)7-5-11/h4-7,13H,8-10H2,1-3H3. The van der Waals surface area contributed by atoms with Crippen molar-refractivity contribution >= 4 is 5.91 Å². The Labute approximate surface area is 113 Å². The second-order valence-corrected chi connectivity index (χ2v) is 5.89. The van der Waals surface area contributed by atoms with Crippen LogP contribution in [0.15, 0.2) is 24.3 Å². The number of amides is 1. The first-order valence-electron chi connectivity index (χ1n) is 6.54. The lowest BCUT2D eigenvalue weighted by molar-refractivity contribution is -0.148. The van der Waals surface area contributed by atoms with Crippen molar-refractivity contribution < 1.29 is 13.9 Å². The van der Waals surface area contributed by atoms with E-state index < -0.39 is 5.41 Å². The van der Waals surface area contributed by atoms with Gasteiger partial charge in [0, 0.05) is 12.0 Å². The first kappa shape index (κ1) is 14.0. The lowest BCUT2D eigenvalue weighted by Crippen LogP contribution is -2.47. The van der Waals surface area contributed by atoms with Crippen LogP contribution in [0, 0.1) is 11.2 Å². The zero-order valence-electron chi connectivity index (χ0n) is 11.6. The highest BCUT2D eigenvalue weighted by Gasteiger charge is 2.34. The number of carbonyl (C=O) groups excluding carboxylic acids is 1. The summed E-state index contributed by atoms with van der Waals surface area (Å²) in [6.07, 6.45) is 0. The molecule has 19 heavy (non-hydrogen) atoms. The molecule has 4 heteroatoms. The number of morpholine rings is 1. The van der Waals surface area contributed by atoms with E-state index in [0.717, 1.165) is 5.56 Å². The van der Waals surface area contributed by atoms with Crippen molar-refractivity contribution in [2.24, 2.45) is 5.41 Å². The molecule has 1 unspecified atom stereocenters. The maximum atomic E-state index is 13.0. The third kappa shape index (κ3) is 3.13. The minimum atomic E-state index is -0.421. The van der Waals surface area contributed by atoms with E-state index in [1.54, 1.807) is 12.1 Å². The number of hydrogen-bond acceptors (Lipinski definition) is 2. The summed E-state index contributed by atoms with van der Waals surface area (Å²) in [4.78, 5) is 14.3. The average Bonchev–Trinajstić information content (AvgIpc) is 2.38. The van der Waals surface area contributed by atoms with E-state index >= 15 is 0 Å². The van der Waals surface area contributed by atoms with Gasteiger partial charge in [-0.3, -0.25) is 4.79 Å². The highest BCUT2D eigenvalue weighted by molar-refractivity contribution is 5.82. The molecule has 1 aromatic rings. The third-order valence-corrected chi connectivity index (χ3v) is 3.29. The molecule has 0 saturated carbocycles. The number of ether oxygens (including phenoxy) is 1. The predicted molar refractivity (Wildman–Crippen MR) is 71.1 cm³/mol. The number of benzene rings is 1. The first-order valence-corrected chi connectivity index (χ1v) is 6.54. The van der Waals surface area contributed by atoms with Crippen LogP contribution in [0.2, 0.25) is 0 Å². The van der Waals surface area contributed by atoms with Gasteiger partial charge in [0.2, 0.25) is 5.91 Å². The van der Waals surface area contributed by atoms with Crippen molar-refractivity contribution in [2.45, 2.75) is 26.8 Å². The molecule has 0 aliphatic carbocycles. The zero-order valence-corrected chi connectivity index (χ0v) is 11.6. The second kappa shape index (κ2) is 5.29. The molecule has 0 bridgehead atoms. The van der Waals surface area contributed by atoms with Gasteiger partial charge in [0.15, 0.2) is 0 Å². The summed E-state index contributed by atoms with van der Waals surface area (Å²) in [5.74, 6) is -0.167. The maximum Gasteiger partial charge on any atom is 0.228 e. The Morgan fingerprint density at radius 2 is 1.95 bits per heavy atom. The fourth-order valence-electron chi connectivity index (χ4n) is 2.24. The molecule has 0 aromatic heterocycles. The van der Waals surface area contributed by atoms with Crippen molar-refractivity contribution in [3.63, 3.8) is 0 Å². The molecule has 1 amide bonds. The van der Waals surface area contributed by atoms with E-state index in [9.17, 15) is 9.18 Å². The summed E-state index contributed by atoms with van der Waals surface area (Å²) in [5.41, 5.74) is 0.494. The fourth-order valence-corrected chi connectivity index (χ4v) is 2.24. The fraction of sp³-hybridized carbons (Fsp3) is 0.533. The Hall–Kier alpha value is -1.42. The Morgan fingerprint density at radius 3 is 2.53 bits per heavy atom. The van der Waals surface area contributed by atoms with Gasteiger partial charge >= 0.3 is 0 Å². The summed E-state index contributed by atoms with van der Waals surface area (Å²) < 4.78 is 18.5. The van der Waals surface area contributed by atoms with Gasteiger partial charge in [-0.15, -0.1) is 0 Å². The summed E-state index contributed by atoms with van der Waals surface area (Å²) in [6, 6.07) is 6.16. The molecule has 1 aliphatic heterocycles. The highest BCUT2D eigenvalue weighted by Crippen LogP contribution is 2.29. The smallest absolute Gasteiger partial charge is 0.228 e. The minimum absolute atomic E-state index is 0.102. The minimum Gasteiger partial charge on any atom is -0.377 e. The van der Waals surface area contributed by atoms with Crippen LogP contribution >= 0.6 is 0 Å². The monoisotopic (exact) mass is 265 g/mol. The molecule has 2 rings (SSSR count). The summed E-state index contributed by atoms with van der Waals surface area (Å²) in [5, 5.41) is 0. The number of nitrogens with zero attached hydrogens (tertiary/aromatic N) is 1. The molecular weight excluding hydrogens is 245 g/mol. The predicted octanol–water partition coefficient (Wildman–Crippen LogP) is 2.77. The maximum absolute atomic E-state index is 13.0. The van der Waals surface area contributed by atoms with Crippen LogP contribution in [-0.2, 0) is 9.53 Å². The number of carbonyl (C=O) groups is 1. The van der Waals surface area contributed by atoms with Gasteiger partial charge in [0.25, 0.3) is 0 Å². The summed E-state index contributed by atoms with van der Waals surface area (Å²) >= 11 is 0. The largest absolute Gasteiger partial charge is 0.377 e. The van der Waals surface area contributed by atoms with Gasteiger partial charge in [-0.1, -0.05) is 32.9 Å². The molecule has 3 nitrogen and oxygen atoms in total. The number of rotatable bonds is 1. The molecule has 0 N–H and O–H groups in total. The molecule has 0 radical (unpaired) electrons. The van der Waals surface area contributed by atoms with Crippen molar-refractivity contribution in [3.05, 3.63) is 35.6 Å². The molecular formula is C15H20FNO2. The number of halogens is 1. The average molecular weight is 265 g/mol. The van der Waals surface area contributed by atoms with Crippen LogP contribution in [0.1, 0.15) is 32.4 Å². The van der Waals surface area contributed by atoms with Gasteiger partial charge < -0.3 is 9.64 Å². The van der Waals surface area contributed by atoms with E-state index in [2.05, 4.69) is 0 Å². The molecule has 1 aliphatic rings. The number of hydrogen-bond donors (Lipinski definition) is 0. The normalized spacial score (nSPS) is 20.4. The molecule has 104 valence electrons. The first-order chi connectivity index (χ1) is 8.89. The Balaban J connectivity index is 2.26. The van der Waals surface area contributed by atoms with E-state index in [-0.39, 0.29) is 17.8 Å². The highest BCUT2D eigenvalue weighted by atomic mass is 19.1. The van der Waals surface area contributed by atoms with E-state index in [0.29, 0.717) is 19.8 Å². The molecule has 1 aromatic carbocycles. The Bertz CT molecular complexity index is 450. The van der Waals surface area contributed by atoms with Crippen molar-refractivity contribution in [3.8, 4) is 0 Å².